The van der Waals surface area contributed by atoms with Crippen LogP contribution in [0.25, 0.3) is 11.0 Å². The zero-order chi connectivity index (χ0) is 13.9. The number of hydrogen-bond donors (Lipinski definition) is 0. The summed E-state index contributed by atoms with van der Waals surface area (Å²) < 4.78 is 29.2. The van der Waals surface area contributed by atoms with E-state index in [4.69, 9.17) is 13.9 Å². The van der Waals surface area contributed by atoms with Crippen molar-refractivity contribution in [1.82, 2.24) is 0 Å². The molecular formula is C16H13FO3. The number of furan rings is 1. The molecule has 0 aliphatic carbocycles. The molecule has 20 heavy (non-hydrogen) atoms. The Morgan fingerprint density at radius 3 is 2.80 bits per heavy atom. The van der Waals surface area contributed by atoms with Gasteiger partial charge in [0.15, 0.2) is 0 Å². The van der Waals surface area contributed by atoms with Gasteiger partial charge in [0, 0.05) is 23.1 Å². The molecule has 0 N–H and O–H groups in total. The van der Waals surface area contributed by atoms with Crippen LogP contribution in [0.15, 0.2) is 53.1 Å². The smallest absolute Gasteiger partial charge is 0.137 e. The molecule has 1 heterocycles. The lowest BCUT2D eigenvalue weighted by Gasteiger charge is -2.06. The first kappa shape index (κ1) is 12.5. The molecule has 102 valence electrons. The van der Waals surface area contributed by atoms with Crippen LogP contribution >= 0.6 is 0 Å². The molecule has 3 aromatic rings. The van der Waals surface area contributed by atoms with Crippen LogP contribution < -0.4 is 9.47 Å². The molecule has 0 aliphatic heterocycles. The molecule has 0 amide bonds. The van der Waals surface area contributed by atoms with Gasteiger partial charge in [-0.3, -0.25) is 0 Å². The van der Waals surface area contributed by atoms with Crippen molar-refractivity contribution in [2.75, 3.05) is 7.11 Å². The molecule has 1 aromatic heterocycles. The zero-order valence-electron chi connectivity index (χ0n) is 10.9. The Labute approximate surface area is 115 Å². The number of hydrogen-bond acceptors (Lipinski definition) is 3. The Morgan fingerprint density at radius 1 is 1.10 bits per heavy atom. The largest absolute Gasteiger partial charge is 0.497 e. The quantitative estimate of drug-likeness (QED) is 0.714. The second-order valence-corrected chi connectivity index (χ2v) is 4.37. The molecule has 0 unspecified atom stereocenters. The van der Waals surface area contributed by atoms with E-state index in [1.165, 1.54) is 12.1 Å². The highest BCUT2D eigenvalue weighted by atomic mass is 19.1. The fraction of sp³-hybridized carbons (Fsp3) is 0.125. The lowest BCUT2D eigenvalue weighted by Crippen LogP contribution is -1.94. The fourth-order valence-electron chi connectivity index (χ4n) is 2.02. The van der Waals surface area contributed by atoms with Crippen molar-refractivity contribution < 1.29 is 18.3 Å². The summed E-state index contributed by atoms with van der Waals surface area (Å²) in [5, 5.41) is 0.856. The highest BCUT2D eigenvalue weighted by Gasteiger charge is 2.07. The summed E-state index contributed by atoms with van der Waals surface area (Å²) in [6.07, 6.45) is 1.59. The molecule has 0 atom stereocenters. The Bertz CT molecular complexity index is 733. The zero-order valence-corrected chi connectivity index (χ0v) is 10.9. The predicted molar refractivity (Wildman–Crippen MR) is 73.5 cm³/mol. The SMILES string of the molecule is COc1cccc(OCc2coc3cc(F)ccc23)c1. The normalized spacial score (nSPS) is 10.7. The highest BCUT2D eigenvalue weighted by Crippen LogP contribution is 2.25. The van der Waals surface area contributed by atoms with E-state index in [9.17, 15) is 4.39 Å². The molecule has 0 saturated carbocycles. The van der Waals surface area contributed by atoms with Gasteiger partial charge in [-0.05, 0) is 24.3 Å². The number of halogens is 1. The molecule has 4 heteroatoms. The van der Waals surface area contributed by atoms with Crippen molar-refractivity contribution in [3.8, 4) is 11.5 Å². The minimum atomic E-state index is -0.313. The molecule has 0 bridgehead atoms. The summed E-state index contributed by atoms with van der Waals surface area (Å²) in [6.45, 7) is 0.353. The van der Waals surface area contributed by atoms with Gasteiger partial charge in [-0.1, -0.05) is 6.07 Å². The van der Waals surface area contributed by atoms with E-state index in [0.717, 1.165) is 16.7 Å². The van der Waals surface area contributed by atoms with Gasteiger partial charge in [0.25, 0.3) is 0 Å². The molecule has 0 radical (unpaired) electrons. The van der Waals surface area contributed by atoms with E-state index in [2.05, 4.69) is 0 Å². The first-order valence-corrected chi connectivity index (χ1v) is 6.19. The molecule has 0 aliphatic rings. The van der Waals surface area contributed by atoms with Crippen LogP contribution in [-0.2, 0) is 6.61 Å². The second-order valence-electron chi connectivity index (χ2n) is 4.37. The van der Waals surface area contributed by atoms with Crippen LogP contribution in [0, 0.1) is 5.82 Å². The summed E-state index contributed by atoms with van der Waals surface area (Å²) in [6, 6.07) is 11.8. The third-order valence-electron chi connectivity index (χ3n) is 3.05. The van der Waals surface area contributed by atoms with E-state index in [1.807, 2.05) is 24.3 Å². The average molecular weight is 272 g/mol. The van der Waals surface area contributed by atoms with Gasteiger partial charge in [-0.15, -0.1) is 0 Å². The fourth-order valence-corrected chi connectivity index (χ4v) is 2.02. The van der Waals surface area contributed by atoms with E-state index >= 15 is 0 Å². The van der Waals surface area contributed by atoms with Gasteiger partial charge in [0.1, 0.15) is 29.5 Å². The van der Waals surface area contributed by atoms with Gasteiger partial charge in [-0.25, -0.2) is 4.39 Å². The third kappa shape index (κ3) is 2.45. The minimum Gasteiger partial charge on any atom is -0.497 e. The van der Waals surface area contributed by atoms with Crippen LogP contribution in [-0.4, -0.2) is 7.11 Å². The average Bonchev–Trinajstić information content (AvgIpc) is 2.87. The van der Waals surface area contributed by atoms with Crippen molar-refractivity contribution >= 4 is 11.0 Å². The van der Waals surface area contributed by atoms with Crippen molar-refractivity contribution in [2.24, 2.45) is 0 Å². The molecule has 3 rings (SSSR count). The number of ether oxygens (including phenoxy) is 2. The van der Waals surface area contributed by atoms with Crippen molar-refractivity contribution in [3.63, 3.8) is 0 Å². The lowest BCUT2D eigenvalue weighted by molar-refractivity contribution is 0.303. The van der Waals surface area contributed by atoms with Gasteiger partial charge < -0.3 is 13.9 Å². The van der Waals surface area contributed by atoms with E-state index < -0.39 is 0 Å². The van der Waals surface area contributed by atoms with Crippen LogP contribution in [0.5, 0.6) is 11.5 Å². The topological polar surface area (TPSA) is 31.6 Å². The number of fused-ring (bicyclic) bond motifs is 1. The van der Waals surface area contributed by atoms with Gasteiger partial charge >= 0.3 is 0 Å². The van der Waals surface area contributed by atoms with E-state index in [-0.39, 0.29) is 5.82 Å². The first-order valence-electron chi connectivity index (χ1n) is 6.19. The number of rotatable bonds is 4. The van der Waals surface area contributed by atoms with Crippen molar-refractivity contribution in [1.29, 1.82) is 0 Å². The van der Waals surface area contributed by atoms with Gasteiger partial charge in [0.05, 0.1) is 13.4 Å². The lowest BCUT2D eigenvalue weighted by atomic mass is 10.2. The number of methoxy groups -OCH3 is 1. The van der Waals surface area contributed by atoms with E-state index in [1.54, 1.807) is 19.4 Å². The molecule has 0 spiro atoms. The van der Waals surface area contributed by atoms with E-state index in [0.29, 0.717) is 17.9 Å². The molecule has 2 aromatic carbocycles. The number of benzene rings is 2. The summed E-state index contributed by atoms with van der Waals surface area (Å²) in [4.78, 5) is 0. The molecular weight excluding hydrogens is 259 g/mol. The summed E-state index contributed by atoms with van der Waals surface area (Å²) in [7, 11) is 1.61. The maximum atomic E-state index is 13.1. The monoisotopic (exact) mass is 272 g/mol. The Kier molecular flexibility index (Phi) is 3.29. The maximum Gasteiger partial charge on any atom is 0.137 e. The Hall–Kier alpha value is -2.49. The maximum absolute atomic E-state index is 13.1. The van der Waals surface area contributed by atoms with Crippen LogP contribution in [0.4, 0.5) is 4.39 Å². The van der Waals surface area contributed by atoms with Gasteiger partial charge in [-0.2, -0.15) is 0 Å². The summed E-state index contributed by atoms with van der Waals surface area (Å²) in [5.41, 5.74) is 1.40. The van der Waals surface area contributed by atoms with Crippen molar-refractivity contribution in [3.05, 3.63) is 60.1 Å². The third-order valence-corrected chi connectivity index (χ3v) is 3.05. The van der Waals surface area contributed by atoms with Crippen LogP contribution in [0.2, 0.25) is 0 Å². The molecule has 3 nitrogen and oxygen atoms in total. The summed E-state index contributed by atoms with van der Waals surface area (Å²) in [5.74, 6) is 1.13. The summed E-state index contributed by atoms with van der Waals surface area (Å²) >= 11 is 0. The molecule has 0 saturated heterocycles. The standard InChI is InChI=1S/C16H13FO3/c1-18-13-3-2-4-14(8-13)19-9-11-10-20-16-7-12(17)5-6-15(11)16/h2-8,10H,9H2,1H3. The first-order chi connectivity index (χ1) is 9.76. The highest BCUT2D eigenvalue weighted by molar-refractivity contribution is 5.80. The van der Waals surface area contributed by atoms with Gasteiger partial charge in [0.2, 0.25) is 0 Å². The van der Waals surface area contributed by atoms with Crippen LogP contribution in [0.3, 0.4) is 0 Å². The Morgan fingerprint density at radius 2 is 1.95 bits per heavy atom. The Balaban J connectivity index is 1.79. The second kappa shape index (κ2) is 5.25. The van der Waals surface area contributed by atoms with Crippen molar-refractivity contribution in [2.45, 2.75) is 6.61 Å². The minimum absolute atomic E-state index is 0.313. The van der Waals surface area contributed by atoms with Crippen LogP contribution in [0.1, 0.15) is 5.56 Å². The molecule has 0 fully saturated rings. The predicted octanol–water partition coefficient (Wildman–Crippen LogP) is 4.16.